The monoisotopic (exact) mass is 425 g/mol. The molecule has 0 spiro atoms. The van der Waals surface area contributed by atoms with Gasteiger partial charge in [-0.25, -0.2) is 13.2 Å². The van der Waals surface area contributed by atoms with Gasteiger partial charge in [0, 0.05) is 0 Å². The second-order valence-corrected chi connectivity index (χ2v) is 9.45. The molecule has 2 rings (SSSR count). The van der Waals surface area contributed by atoms with E-state index in [2.05, 4.69) is 23.3 Å². The molecule has 0 atom stereocenters. The van der Waals surface area contributed by atoms with Gasteiger partial charge in [-0.05, 0) is 47.9 Å². The molecule has 0 aliphatic carbocycles. The zero-order chi connectivity index (χ0) is 20.7. The van der Waals surface area contributed by atoms with Crippen molar-refractivity contribution in [1.29, 1.82) is 0 Å². The molecule has 154 valence electrons. The van der Waals surface area contributed by atoms with Crippen LogP contribution in [0.2, 0.25) is 0 Å². The molecule has 2 aromatic rings. The summed E-state index contributed by atoms with van der Waals surface area (Å²) in [6.45, 7) is 4.42. The summed E-state index contributed by atoms with van der Waals surface area (Å²) in [6, 6.07) is 6.82. The molecule has 0 saturated carbocycles. The van der Waals surface area contributed by atoms with Gasteiger partial charge in [0.1, 0.15) is 15.5 Å². The SMILES string of the molecule is COC(=O)c1sccc1S(=O)(=O)Nc1ccc(CCCCC(C)C)cc1OC. The molecule has 28 heavy (non-hydrogen) atoms. The first-order chi connectivity index (χ1) is 13.3. The molecule has 0 bridgehead atoms. The Bertz CT molecular complexity index is 903. The van der Waals surface area contributed by atoms with Crippen molar-refractivity contribution in [2.75, 3.05) is 18.9 Å². The highest BCUT2D eigenvalue weighted by molar-refractivity contribution is 7.93. The Morgan fingerprint density at radius 2 is 1.93 bits per heavy atom. The maximum Gasteiger partial charge on any atom is 0.349 e. The number of hydrogen-bond acceptors (Lipinski definition) is 6. The van der Waals surface area contributed by atoms with Gasteiger partial charge in [-0.15, -0.1) is 11.3 Å². The third-order valence-electron chi connectivity index (χ3n) is 4.30. The van der Waals surface area contributed by atoms with Gasteiger partial charge in [-0.3, -0.25) is 4.72 Å². The maximum atomic E-state index is 12.8. The molecule has 1 aromatic heterocycles. The van der Waals surface area contributed by atoms with Crippen LogP contribution < -0.4 is 9.46 Å². The van der Waals surface area contributed by atoms with Crippen LogP contribution in [-0.4, -0.2) is 28.6 Å². The van der Waals surface area contributed by atoms with Gasteiger partial charge >= 0.3 is 5.97 Å². The molecule has 0 saturated heterocycles. The van der Waals surface area contributed by atoms with Crippen LogP contribution in [0.3, 0.4) is 0 Å². The Morgan fingerprint density at radius 1 is 1.18 bits per heavy atom. The molecule has 1 aromatic carbocycles. The first kappa shape index (κ1) is 22.2. The highest BCUT2D eigenvalue weighted by Crippen LogP contribution is 2.31. The average molecular weight is 426 g/mol. The molecule has 1 heterocycles. The smallest absolute Gasteiger partial charge is 0.349 e. The number of carbonyl (C=O) groups is 1. The normalized spacial score (nSPS) is 11.5. The minimum absolute atomic E-state index is 0.0377. The second-order valence-electron chi connectivity index (χ2n) is 6.89. The van der Waals surface area contributed by atoms with Crippen molar-refractivity contribution in [2.45, 2.75) is 44.4 Å². The molecular weight excluding hydrogens is 398 g/mol. The summed E-state index contributed by atoms with van der Waals surface area (Å²) in [5.41, 5.74) is 1.42. The molecular formula is C20H27NO5S2. The first-order valence-corrected chi connectivity index (χ1v) is 11.5. The van der Waals surface area contributed by atoms with Crippen LogP contribution in [0.5, 0.6) is 5.75 Å². The van der Waals surface area contributed by atoms with Crippen molar-refractivity contribution in [2.24, 2.45) is 5.92 Å². The summed E-state index contributed by atoms with van der Waals surface area (Å²) >= 11 is 1.02. The highest BCUT2D eigenvalue weighted by Gasteiger charge is 2.25. The Kier molecular flexibility index (Phi) is 7.88. The largest absolute Gasteiger partial charge is 0.495 e. The van der Waals surface area contributed by atoms with Crippen LogP contribution >= 0.6 is 11.3 Å². The van der Waals surface area contributed by atoms with Gasteiger partial charge in [-0.2, -0.15) is 0 Å². The lowest BCUT2D eigenvalue weighted by atomic mass is 10.0. The lowest BCUT2D eigenvalue weighted by Gasteiger charge is -2.13. The zero-order valence-corrected chi connectivity index (χ0v) is 18.3. The van der Waals surface area contributed by atoms with Crippen LogP contribution in [0.1, 0.15) is 48.3 Å². The number of thiophene rings is 1. The molecule has 0 fully saturated rings. The van der Waals surface area contributed by atoms with Crippen LogP contribution in [0.15, 0.2) is 34.5 Å². The van der Waals surface area contributed by atoms with E-state index >= 15 is 0 Å². The van der Waals surface area contributed by atoms with E-state index < -0.39 is 16.0 Å². The summed E-state index contributed by atoms with van der Waals surface area (Å²) in [5, 5.41) is 1.54. The second kappa shape index (κ2) is 9.93. The Morgan fingerprint density at radius 3 is 2.57 bits per heavy atom. The Balaban J connectivity index is 2.17. The van der Waals surface area contributed by atoms with E-state index in [1.54, 1.807) is 6.07 Å². The fourth-order valence-electron chi connectivity index (χ4n) is 2.81. The molecule has 0 unspecified atom stereocenters. The summed E-state index contributed by atoms with van der Waals surface area (Å²) in [6.07, 6.45) is 4.33. The number of nitrogens with one attached hydrogen (secondary N) is 1. The van der Waals surface area contributed by atoms with Gasteiger partial charge < -0.3 is 9.47 Å². The van der Waals surface area contributed by atoms with E-state index in [9.17, 15) is 13.2 Å². The fourth-order valence-corrected chi connectivity index (χ4v) is 5.21. The summed E-state index contributed by atoms with van der Waals surface area (Å²) < 4.78 is 38.1. The van der Waals surface area contributed by atoms with E-state index in [1.807, 2.05) is 12.1 Å². The summed E-state index contributed by atoms with van der Waals surface area (Å²) in [5.74, 6) is 0.456. The van der Waals surface area contributed by atoms with Gasteiger partial charge in [0.15, 0.2) is 0 Å². The Hall–Kier alpha value is -2.06. The minimum atomic E-state index is -3.95. The number of hydrogen-bond donors (Lipinski definition) is 1. The van der Waals surface area contributed by atoms with Gasteiger partial charge in [0.25, 0.3) is 10.0 Å². The number of carbonyl (C=O) groups excluding carboxylic acids is 1. The number of benzene rings is 1. The van der Waals surface area contributed by atoms with Crippen molar-refractivity contribution in [3.05, 3.63) is 40.1 Å². The molecule has 8 heteroatoms. The average Bonchev–Trinajstić information content (AvgIpc) is 3.16. The van der Waals surface area contributed by atoms with Gasteiger partial charge in [0.05, 0.1) is 19.9 Å². The van der Waals surface area contributed by atoms with Crippen LogP contribution in [0.4, 0.5) is 5.69 Å². The third-order valence-corrected chi connectivity index (χ3v) is 6.73. The van der Waals surface area contributed by atoms with Crippen molar-refractivity contribution in [3.63, 3.8) is 0 Å². The van der Waals surface area contributed by atoms with Crippen LogP contribution in [0.25, 0.3) is 0 Å². The summed E-state index contributed by atoms with van der Waals surface area (Å²) in [7, 11) is -1.23. The molecule has 0 aliphatic heterocycles. The van der Waals surface area contributed by atoms with Crippen molar-refractivity contribution < 1.29 is 22.7 Å². The van der Waals surface area contributed by atoms with E-state index in [0.717, 1.165) is 36.2 Å². The van der Waals surface area contributed by atoms with Crippen molar-refractivity contribution in [3.8, 4) is 5.75 Å². The minimum Gasteiger partial charge on any atom is -0.495 e. The maximum absolute atomic E-state index is 12.8. The number of sulfonamides is 1. The van der Waals surface area contributed by atoms with E-state index in [4.69, 9.17) is 4.74 Å². The topological polar surface area (TPSA) is 81.7 Å². The predicted octanol–water partition coefficient (Wildman–Crippen LogP) is 4.71. The zero-order valence-electron chi connectivity index (χ0n) is 16.7. The highest BCUT2D eigenvalue weighted by atomic mass is 32.2. The number of rotatable bonds is 10. The predicted molar refractivity (Wildman–Crippen MR) is 112 cm³/mol. The number of aryl methyl sites for hydroxylation is 1. The van der Waals surface area contributed by atoms with Crippen LogP contribution in [0, 0.1) is 5.92 Å². The summed E-state index contributed by atoms with van der Waals surface area (Å²) in [4.78, 5) is 11.7. The van der Waals surface area contributed by atoms with Crippen LogP contribution in [-0.2, 0) is 21.2 Å². The third kappa shape index (κ3) is 5.72. The van der Waals surface area contributed by atoms with Crippen molar-refractivity contribution in [1.82, 2.24) is 0 Å². The molecule has 0 radical (unpaired) electrons. The molecule has 0 amide bonds. The number of anilines is 1. The van der Waals surface area contributed by atoms with E-state index in [1.165, 1.54) is 32.1 Å². The Labute approximate surface area is 170 Å². The molecule has 1 N–H and O–H groups in total. The molecule has 6 nitrogen and oxygen atoms in total. The first-order valence-electron chi connectivity index (χ1n) is 9.14. The number of ether oxygens (including phenoxy) is 2. The number of methoxy groups -OCH3 is 2. The number of unbranched alkanes of at least 4 members (excludes halogenated alkanes) is 1. The quantitative estimate of drug-likeness (QED) is 0.440. The standard InChI is InChI=1S/C20H27NO5S2/c1-14(2)7-5-6-8-15-9-10-16(17(13-15)25-3)21-28(23,24)18-11-12-27-19(18)20(22)26-4/h9-14,21H,5-8H2,1-4H3. The van der Waals surface area contributed by atoms with Crippen molar-refractivity contribution >= 4 is 33.0 Å². The van der Waals surface area contributed by atoms with E-state index in [-0.39, 0.29) is 9.77 Å². The fraction of sp³-hybridized carbons (Fsp3) is 0.450. The van der Waals surface area contributed by atoms with Gasteiger partial charge in [0.2, 0.25) is 0 Å². The van der Waals surface area contributed by atoms with Gasteiger partial charge in [-0.1, -0.05) is 32.8 Å². The lowest BCUT2D eigenvalue weighted by molar-refractivity contribution is 0.0602. The lowest BCUT2D eigenvalue weighted by Crippen LogP contribution is -2.16. The number of esters is 1. The van der Waals surface area contributed by atoms with E-state index in [0.29, 0.717) is 17.4 Å². The molecule has 0 aliphatic rings.